The highest BCUT2D eigenvalue weighted by Gasteiger charge is 2.18. The zero-order chi connectivity index (χ0) is 19.4. The molecule has 0 amide bonds. The first-order valence-corrected chi connectivity index (χ1v) is 9.30. The normalized spacial score (nSPS) is 11.5. The number of hydrogen-bond acceptors (Lipinski definition) is 9. The minimum atomic E-state index is -4.01. The summed E-state index contributed by atoms with van der Waals surface area (Å²) in [5.41, 5.74) is -0.217. The van der Waals surface area contributed by atoms with E-state index in [4.69, 9.17) is 24.5 Å². The molecule has 0 heterocycles. The summed E-state index contributed by atoms with van der Waals surface area (Å²) in [7, 11) is -4.01. The number of nitrogens with zero attached hydrogens (tertiary/aromatic N) is 1. The van der Waals surface area contributed by atoms with Crippen LogP contribution in [0.3, 0.4) is 0 Å². The maximum absolute atomic E-state index is 11.3. The number of aliphatic hydroxyl groups excluding tert-OH is 1. The van der Waals surface area contributed by atoms with Crippen molar-refractivity contribution in [2.24, 2.45) is 5.14 Å². The molecule has 1 rings (SSSR count). The molecule has 0 radical (unpaired) electrons. The molecule has 11 nitrogen and oxygen atoms in total. The lowest BCUT2D eigenvalue weighted by molar-refractivity contribution is -0.384. The van der Waals surface area contributed by atoms with Gasteiger partial charge in [0, 0.05) is 12.6 Å². The number of nitrogens with two attached hydrogens (primary N) is 1. The topological polar surface area (TPSA) is 163 Å². The number of sulfonamides is 1. The predicted octanol–water partition coefficient (Wildman–Crippen LogP) is -0.304. The highest BCUT2D eigenvalue weighted by atomic mass is 32.2. The molecule has 0 aliphatic carbocycles. The van der Waals surface area contributed by atoms with Crippen molar-refractivity contribution in [3.8, 4) is 0 Å². The van der Waals surface area contributed by atoms with Gasteiger partial charge in [-0.25, -0.2) is 13.6 Å². The van der Waals surface area contributed by atoms with Gasteiger partial charge >= 0.3 is 0 Å². The molecule has 4 N–H and O–H groups in total. The van der Waals surface area contributed by atoms with Crippen molar-refractivity contribution in [2.45, 2.75) is 4.90 Å². The maximum Gasteiger partial charge on any atom is 0.293 e. The number of ether oxygens (including phenoxy) is 3. The van der Waals surface area contributed by atoms with Crippen molar-refractivity contribution in [3.63, 3.8) is 0 Å². The lowest BCUT2D eigenvalue weighted by atomic mass is 10.2. The zero-order valence-electron chi connectivity index (χ0n) is 14.1. The Kier molecular flexibility index (Phi) is 10.0. The number of nitrogens with one attached hydrogen (secondary N) is 1. The van der Waals surface area contributed by atoms with Crippen LogP contribution in [0.15, 0.2) is 23.1 Å². The third-order valence-corrected chi connectivity index (χ3v) is 3.95. The van der Waals surface area contributed by atoms with E-state index in [2.05, 4.69) is 5.32 Å². The molecule has 0 aliphatic rings. The SMILES string of the molecule is NS(=O)(=O)c1ccc(NCCOCCOCCOCCO)c([N+](=O)[O-])c1. The van der Waals surface area contributed by atoms with Gasteiger partial charge in [0.05, 0.1) is 56.1 Å². The Labute approximate surface area is 151 Å². The van der Waals surface area contributed by atoms with E-state index in [0.29, 0.717) is 26.4 Å². The molecular formula is C14H23N3O8S. The molecule has 0 aliphatic heterocycles. The Balaban J connectivity index is 2.30. The Morgan fingerprint density at radius 2 is 1.65 bits per heavy atom. The highest BCUT2D eigenvalue weighted by Crippen LogP contribution is 2.26. The van der Waals surface area contributed by atoms with E-state index in [1.165, 1.54) is 12.1 Å². The summed E-state index contributed by atoms with van der Waals surface area (Å²) in [4.78, 5) is 10.0. The van der Waals surface area contributed by atoms with Crippen LogP contribution in [-0.4, -0.2) is 71.2 Å². The van der Waals surface area contributed by atoms with Gasteiger partial charge in [-0.05, 0) is 12.1 Å². The second kappa shape index (κ2) is 11.7. The summed E-state index contributed by atoms with van der Waals surface area (Å²) < 4.78 is 38.1. The fourth-order valence-electron chi connectivity index (χ4n) is 1.85. The average Bonchev–Trinajstić information content (AvgIpc) is 2.58. The quantitative estimate of drug-likeness (QED) is 0.219. The van der Waals surface area contributed by atoms with Gasteiger partial charge in [-0.15, -0.1) is 0 Å². The van der Waals surface area contributed by atoms with Gasteiger partial charge < -0.3 is 24.6 Å². The number of rotatable bonds is 14. The summed E-state index contributed by atoms with van der Waals surface area (Å²) >= 11 is 0. The van der Waals surface area contributed by atoms with E-state index < -0.39 is 14.9 Å². The summed E-state index contributed by atoms with van der Waals surface area (Å²) in [6.45, 7) is 2.30. The van der Waals surface area contributed by atoms with Crippen LogP contribution in [0.1, 0.15) is 0 Å². The Hall–Kier alpha value is -1.83. The van der Waals surface area contributed by atoms with Crippen LogP contribution < -0.4 is 10.5 Å². The molecule has 0 bridgehead atoms. The van der Waals surface area contributed by atoms with E-state index in [1.54, 1.807) is 0 Å². The van der Waals surface area contributed by atoms with Crippen LogP contribution >= 0.6 is 0 Å². The smallest absolute Gasteiger partial charge is 0.293 e. The first-order valence-electron chi connectivity index (χ1n) is 7.75. The number of benzene rings is 1. The fraction of sp³-hybridized carbons (Fsp3) is 0.571. The number of hydrogen-bond donors (Lipinski definition) is 3. The molecule has 0 atom stereocenters. The van der Waals surface area contributed by atoms with Gasteiger partial charge in [-0.3, -0.25) is 10.1 Å². The van der Waals surface area contributed by atoms with Crippen LogP contribution in [0, 0.1) is 10.1 Å². The van der Waals surface area contributed by atoms with E-state index in [0.717, 1.165) is 6.07 Å². The molecule has 0 unspecified atom stereocenters. The lowest BCUT2D eigenvalue weighted by Gasteiger charge is -2.09. The molecule has 0 spiro atoms. The van der Waals surface area contributed by atoms with Crippen LogP contribution in [0.4, 0.5) is 11.4 Å². The fourth-order valence-corrected chi connectivity index (χ4v) is 2.39. The molecule has 0 fully saturated rings. The molecular weight excluding hydrogens is 370 g/mol. The molecule has 12 heteroatoms. The van der Waals surface area contributed by atoms with Crippen LogP contribution in [0.25, 0.3) is 0 Å². The van der Waals surface area contributed by atoms with Gasteiger partial charge in [-0.1, -0.05) is 0 Å². The van der Waals surface area contributed by atoms with E-state index in [-0.39, 0.29) is 42.6 Å². The van der Waals surface area contributed by atoms with Crippen LogP contribution in [0.2, 0.25) is 0 Å². The Morgan fingerprint density at radius 3 is 2.19 bits per heavy atom. The van der Waals surface area contributed by atoms with Crippen LogP contribution in [-0.2, 0) is 24.2 Å². The third-order valence-electron chi connectivity index (χ3n) is 3.04. The van der Waals surface area contributed by atoms with E-state index in [9.17, 15) is 18.5 Å². The van der Waals surface area contributed by atoms with Crippen molar-refractivity contribution >= 4 is 21.4 Å². The van der Waals surface area contributed by atoms with Gasteiger partial charge in [0.1, 0.15) is 5.69 Å². The number of aliphatic hydroxyl groups is 1. The monoisotopic (exact) mass is 393 g/mol. The molecule has 26 heavy (non-hydrogen) atoms. The summed E-state index contributed by atoms with van der Waals surface area (Å²) in [6.07, 6.45) is 0. The van der Waals surface area contributed by atoms with Gasteiger partial charge in [0.2, 0.25) is 10.0 Å². The minimum absolute atomic E-state index is 0.0287. The number of primary sulfonamides is 1. The Morgan fingerprint density at radius 1 is 1.08 bits per heavy atom. The maximum atomic E-state index is 11.3. The molecule has 0 saturated heterocycles. The largest absolute Gasteiger partial charge is 0.394 e. The highest BCUT2D eigenvalue weighted by molar-refractivity contribution is 7.89. The predicted molar refractivity (Wildman–Crippen MR) is 92.5 cm³/mol. The second-order valence-corrected chi connectivity index (χ2v) is 6.53. The molecule has 148 valence electrons. The average molecular weight is 393 g/mol. The van der Waals surface area contributed by atoms with Gasteiger partial charge in [-0.2, -0.15) is 0 Å². The molecule has 1 aromatic carbocycles. The molecule has 0 saturated carbocycles. The van der Waals surface area contributed by atoms with Crippen LogP contribution in [0.5, 0.6) is 0 Å². The van der Waals surface area contributed by atoms with Crippen molar-refractivity contribution in [1.82, 2.24) is 0 Å². The Bertz CT molecular complexity index is 668. The minimum Gasteiger partial charge on any atom is -0.394 e. The van der Waals surface area contributed by atoms with Crippen molar-refractivity contribution in [3.05, 3.63) is 28.3 Å². The van der Waals surface area contributed by atoms with E-state index in [1.807, 2.05) is 0 Å². The first-order chi connectivity index (χ1) is 12.4. The second-order valence-electron chi connectivity index (χ2n) is 4.97. The molecule has 1 aromatic rings. The van der Waals surface area contributed by atoms with Crippen molar-refractivity contribution in [2.75, 3.05) is 58.1 Å². The summed E-state index contributed by atoms with van der Waals surface area (Å²) in [5, 5.41) is 27.3. The summed E-state index contributed by atoms with van der Waals surface area (Å²) in [5.74, 6) is 0. The van der Waals surface area contributed by atoms with Gasteiger partial charge in [0.25, 0.3) is 5.69 Å². The zero-order valence-corrected chi connectivity index (χ0v) is 14.9. The van der Waals surface area contributed by atoms with Crippen molar-refractivity contribution in [1.29, 1.82) is 0 Å². The van der Waals surface area contributed by atoms with Crippen molar-refractivity contribution < 1.29 is 32.7 Å². The number of nitro benzene ring substituents is 1. The van der Waals surface area contributed by atoms with E-state index >= 15 is 0 Å². The third kappa shape index (κ3) is 8.51. The standard InChI is InChI=1S/C14H23N3O8S/c15-26(21,22)12-1-2-13(14(11-12)17(19)20)16-3-5-23-7-9-25-10-8-24-6-4-18/h1-2,11,16,18H,3-10H2,(H2,15,21,22). The lowest BCUT2D eigenvalue weighted by Crippen LogP contribution is -2.15. The first kappa shape index (κ1) is 22.2. The number of anilines is 1. The van der Waals surface area contributed by atoms with Gasteiger partial charge in [0.15, 0.2) is 0 Å². The molecule has 0 aromatic heterocycles. The summed E-state index contributed by atoms with van der Waals surface area (Å²) in [6, 6.07) is 3.39. The number of nitro groups is 1.